The number of alkyl halides is 3. The molecule has 0 aliphatic rings. The minimum absolute atomic E-state index is 0.0336. The van der Waals surface area contributed by atoms with Gasteiger partial charge in [-0.05, 0) is 56.1 Å². The lowest BCUT2D eigenvalue weighted by Crippen LogP contribution is -2.37. The number of ether oxygens (including phenoxy) is 1. The number of nitrogens with zero attached hydrogens (tertiary/aromatic N) is 4. The summed E-state index contributed by atoms with van der Waals surface area (Å²) in [6.45, 7) is 0.777. The van der Waals surface area contributed by atoms with Crippen LogP contribution in [0.1, 0.15) is 17.0 Å². The molecule has 3 rings (SSSR count). The van der Waals surface area contributed by atoms with E-state index >= 15 is 0 Å². The Kier molecular flexibility index (Phi) is 8.01. The third-order valence-electron chi connectivity index (χ3n) is 5.22. The second kappa shape index (κ2) is 10.6. The number of halogens is 3. The highest BCUT2D eigenvalue weighted by atomic mass is 32.2. The normalized spacial score (nSPS) is 12.5. The molecule has 0 radical (unpaired) electrons. The minimum atomic E-state index is -4.44. The van der Waals surface area contributed by atoms with Crippen molar-refractivity contribution in [2.75, 3.05) is 34.3 Å². The Bertz CT molecular complexity index is 1190. The Hall–Kier alpha value is -2.89. The van der Waals surface area contributed by atoms with Crippen molar-refractivity contribution in [1.29, 1.82) is 0 Å². The van der Waals surface area contributed by atoms with Gasteiger partial charge in [0.1, 0.15) is 11.6 Å². The number of benzene rings is 2. The van der Waals surface area contributed by atoms with E-state index < -0.39 is 21.8 Å². The molecule has 0 bridgehead atoms. The van der Waals surface area contributed by atoms with Gasteiger partial charge in [-0.25, -0.2) is 13.4 Å². The van der Waals surface area contributed by atoms with E-state index in [1.807, 2.05) is 19.0 Å². The fourth-order valence-electron chi connectivity index (χ4n) is 3.33. The molecule has 0 spiro atoms. The Morgan fingerprint density at radius 3 is 2.38 bits per heavy atom. The van der Waals surface area contributed by atoms with Crippen LogP contribution in [0.5, 0.6) is 5.75 Å². The van der Waals surface area contributed by atoms with Gasteiger partial charge in [0.15, 0.2) is 0 Å². The summed E-state index contributed by atoms with van der Waals surface area (Å²) in [5.74, 6) is 0.962. The molecule has 1 heterocycles. The number of likely N-dealkylation sites (N-methyl/N-ethyl adjacent to an activating group) is 1. The smallest absolute Gasteiger partial charge is 0.416 e. The summed E-state index contributed by atoms with van der Waals surface area (Å²) in [6, 6.07) is 11.2. The molecule has 34 heavy (non-hydrogen) atoms. The summed E-state index contributed by atoms with van der Waals surface area (Å²) in [6.07, 6.45) is -1.31. The number of hydrogen-bond donors (Lipinski definition) is 0. The van der Waals surface area contributed by atoms with Crippen molar-refractivity contribution in [2.45, 2.75) is 24.2 Å². The second-order valence-electron chi connectivity index (χ2n) is 7.99. The first kappa shape index (κ1) is 25.7. The Balaban J connectivity index is 1.87. The predicted molar refractivity (Wildman–Crippen MR) is 122 cm³/mol. The van der Waals surface area contributed by atoms with Crippen LogP contribution in [0.3, 0.4) is 0 Å². The van der Waals surface area contributed by atoms with Gasteiger partial charge in [-0.2, -0.15) is 17.5 Å². The van der Waals surface area contributed by atoms with Crippen LogP contribution in [0.25, 0.3) is 0 Å². The molecule has 0 saturated heterocycles. The van der Waals surface area contributed by atoms with Crippen molar-refractivity contribution in [3.05, 3.63) is 77.9 Å². The maximum absolute atomic E-state index is 13.4. The summed E-state index contributed by atoms with van der Waals surface area (Å²) in [5, 5.41) is 0. The van der Waals surface area contributed by atoms with E-state index in [0.717, 1.165) is 12.1 Å². The zero-order valence-corrected chi connectivity index (χ0v) is 20.0. The summed E-state index contributed by atoms with van der Waals surface area (Å²) < 4.78 is 74.1. The van der Waals surface area contributed by atoms with E-state index in [0.29, 0.717) is 23.7 Å². The maximum Gasteiger partial charge on any atom is 0.416 e. The SMILES string of the molecule is COc1ccc(S(=O)(=O)N(CCN(C)C)Cc2nccn2Cc2cccc(C(F)(F)F)c2)cc1. The van der Waals surface area contributed by atoms with Gasteiger partial charge in [0, 0.05) is 32.0 Å². The summed E-state index contributed by atoms with van der Waals surface area (Å²) in [7, 11) is 1.31. The van der Waals surface area contributed by atoms with E-state index in [2.05, 4.69) is 4.98 Å². The molecular weight excluding hydrogens is 469 g/mol. The largest absolute Gasteiger partial charge is 0.497 e. The molecule has 1 aromatic heterocycles. The zero-order chi connectivity index (χ0) is 24.9. The number of methoxy groups -OCH3 is 1. The van der Waals surface area contributed by atoms with Crippen molar-refractivity contribution in [3.63, 3.8) is 0 Å². The number of aromatic nitrogens is 2. The van der Waals surface area contributed by atoms with Crippen molar-refractivity contribution in [3.8, 4) is 5.75 Å². The molecule has 2 aromatic carbocycles. The third-order valence-corrected chi connectivity index (χ3v) is 7.08. The van der Waals surface area contributed by atoms with Gasteiger partial charge >= 0.3 is 6.18 Å². The van der Waals surface area contributed by atoms with Crippen molar-refractivity contribution in [2.24, 2.45) is 0 Å². The first-order valence-corrected chi connectivity index (χ1v) is 11.9. The van der Waals surface area contributed by atoms with Crippen LogP contribution in [-0.2, 0) is 29.3 Å². The lowest BCUT2D eigenvalue weighted by atomic mass is 10.1. The fraction of sp³-hybridized carbons (Fsp3) is 0.348. The summed E-state index contributed by atoms with van der Waals surface area (Å²) in [4.78, 5) is 6.27. The molecule has 0 aliphatic carbocycles. The predicted octanol–water partition coefficient (Wildman–Crippen LogP) is 3.71. The van der Waals surface area contributed by atoms with Crippen LogP contribution in [-0.4, -0.2) is 61.5 Å². The monoisotopic (exact) mass is 496 g/mol. The van der Waals surface area contributed by atoms with E-state index in [9.17, 15) is 21.6 Å². The highest BCUT2D eigenvalue weighted by molar-refractivity contribution is 7.89. The zero-order valence-electron chi connectivity index (χ0n) is 19.2. The van der Waals surface area contributed by atoms with Crippen LogP contribution in [0, 0.1) is 0 Å². The van der Waals surface area contributed by atoms with E-state index in [1.54, 1.807) is 29.0 Å². The van der Waals surface area contributed by atoms with E-state index in [-0.39, 0.29) is 24.5 Å². The first-order chi connectivity index (χ1) is 16.0. The number of imidazole rings is 1. The number of rotatable bonds is 10. The molecule has 0 amide bonds. The van der Waals surface area contributed by atoms with Gasteiger partial charge in [0.2, 0.25) is 10.0 Å². The molecule has 184 valence electrons. The van der Waals surface area contributed by atoms with Gasteiger partial charge in [0.25, 0.3) is 0 Å². The Labute approximate surface area is 197 Å². The average molecular weight is 497 g/mol. The molecule has 0 saturated carbocycles. The van der Waals surface area contributed by atoms with Crippen LogP contribution < -0.4 is 4.74 Å². The van der Waals surface area contributed by atoms with Gasteiger partial charge < -0.3 is 14.2 Å². The molecule has 0 atom stereocenters. The fourth-order valence-corrected chi connectivity index (χ4v) is 4.71. The highest BCUT2D eigenvalue weighted by Gasteiger charge is 2.30. The highest BCUT2D eigenvalue weighted by Crippen LogP contribution is 2.30. The van der Waals surface area contributed by atoms with Crippen LogP contribution in [0.4, 0.5) is 13.2 Å². The van der Waals surface area contributed by atoms with E-state index in [4.69, 9.17) is 4.74 Å². The second-order valence-corrected chi connectivity index (χ2v) is 9.92. The Morgan fingerprint density at radius 2 is 1.76 bits per heavy atom. The number of hydrogen-bond acceptors (Lipinski definition) is 5. The Morgan fingerprint density at radius 1 is 1.06 bits per heavy atom. The van der Waals surface area contributed by atoms with Crippen molar-refractivity contribution < 1.29 is 26.3 Å². The topological polar surface area (TPSA) is 67.7 Å². The van der Waals surface area contributed by atoms with Crippen LogP contribution in [0.15, 0.2) is 65.8 Å². The summed E-state index contributed by atoms with van der Waals surface area (Å²) in [5.41, 5.74) is -0.298. The lowest BCUT2D eigenvalue weighted by molar-refractivity contribution is -0.137. The van der Waals surface area contributed by atoms with Crippen molar-refractivity contribution >= 4 is 10.0 Å². The minimum Gasteiger partial charge on any atom is -0.497 e. The van der Waals surface area contributed by atoms with Gasteiger partial charge in [-0.1, -0.05) is 12.1 Å². The lowest BCUT2D eigenvalue weighted by Gasteiger charge is -2.24. The number of sulfonamides is 1. The molecule has 0 unspecified atom stereocenters. The molecule has 3 aromatic rings. The first-order valence-electron chi connectivity index (χ1n) is 10.5. The van der Waals surface area contributed by atoms with E-state index in [1.165, 1.54) is 35.8 Å². The molecule has 0 fully saturated rings. The molecule has 0 aliphatic heterocycles. The average Bonchev–Trinajstić information content (AvgIpc) is 3.22. The van der Waals surface area contributed by atoms with Gasteiger partial charge in [-0.15, -0.1) is 0 Å². The van der Waals surface area contributed by atoms with Crippen LogP contribution in [0.2, 0.25) is 0 Å². The molecule has 11 heteroatoms. The maximum atomic E-state index is 13.4. The quantitative estimate of drug-likeness (QED) is 0.428. The third kappa shape index (κ3) is 6.37. The standard InChI is InChI=1S/C23H27F3N4O3S/c1-28(2)13-14-30(34(31,32)21-9-7-20(33-3)8-10-21)17-22-27-11-12-29(22)16-18-5-4-6-19(15-18)23(24,25)26/h4-12,15H,13-14,16-17H2,1-3H3. The van der Waals surface area contributed by atoms with Crippen LogP contribution >= 0.6 is 0 Å². The van der Waals surface area contributed by atoms with Gasteiger partial charge in [0.05, 0.1) is 24.1 Å². The molecule has 7 nitrogen and oxygen atoms in total. The summed E-state index contributed by atoms with van der Waals surface area (Å²) >= 11 is 0. The molecule has 0 N–H and O–H groups in total. The van der Waals surface area contributed by atoms with Crippen molar-refractivity contribution in [1.82, 2.24) is 18.8 Å². The molecular formula is C23H27F3N4O3S. The van der Waals surface area contributed by atoms with Gasteiger partial charge in [-0.3, -0.25) is 0 Å².